The number of methoxy groups -OCH3 is 1. The average Bonchev–Trinajstić information content (AvgIpc) is 2.58. The van der Waals surface area contributed by atoms with Crippen molar-refractivity contribution in [3.8, 4) is 11.5 Å². The molecule has 0 aliphatic heterocycles. The van der Waals surface area contributed by atoms with Gasteiger partial charge in [0.2, 0.25) is 0 Å². The number of para-hydroxylation sites is 1. The van der Waals surface area contributed by atoms with E-state index in [1.807, 2.05) is 42.5 Å². The van der Waals surface area contributed by atoms with Crippen molar-refractivity contribution < 1.29 is 9.47 Å². The summed E-state index contributed by atoms with van der Waals surface area (Å²) in [6, 6.07) is 16.1. The third-order valence-corrected chi connectivity index (χ3v) is 3.55. The zero-order valence-corrected chi connectivity index (χ0v) is 13.5. The Balaban J connectivity index is 1.91. The molecular weight excluding hydrogens is 274 g/mol. The molecule has 0 atom stereocenters. The fourth-order valence-corrected chi connectivity index (χ4v) is 2.23. The van der Waals surface area contributed by atoms with Gasteiger partial charge in [0.25, 0.3) is 0 Å². The Bertz CT molecular complexity index is 552. The number of rotatable bonds is 9. The highest BCUT2D eigenvalue weighted by Gasteiger charge is 2.03. The second-order valence-electron chi connectivity index (χ2n) is 5.25. The van der Waals surface area contributed by atoms with Gasteiger partial charge in [-0.3, -0.25) is 0 Å². The molecule has 0 saturated carbocycles. The summed E-state index contributed by atoms with van der Waals surface area (Å²) in [5.74, 6) is 1.84. The summed E-state index contributed by atoms with van der Waals surface area (Å²) in [5, 5.41) is 3.42. The zero-order valence-electron chi connectivity index (χ0n) is 13.5. The van der Waals surface area contributed by atoms with Crippen LogP contribution in [0.4, 0.5) is 5.69 Å². The number of anilines is 1. The largest absolute Gasteiger partial charge is 0.497 e. The molecule has 0 saturated heterocycles. The van der Waals surface area contributed by atoms with E-state index in [0.29, 0.717) is 0 Å². The van der Waals surface area contributed by atoms with Crippen molar-refractivity contribution in [3.63, 3.8) is 0 Å². The van der Waals surface area contributed by atoms with Gasteiger partial charge in [-0.05, 0) is 36.8 Å². The first-order chi connectivity index (χ1) is 10.8. The lowest BCUT2D eigenvalue weighted by Crippen LogP contribution is -2.04. The van der Waals surface area contributed by atoms with Crippen LogP contribution in [0.2, 0.25) is 0 Å². The topological polar surface area (TPSA) is 30.5 Å². The van der Waals surface area contributed by atoms with E-state index in [0.717, 1.165) is 36.8 Å². The van der Waals surface area contributed by atoms with Gasteiger partial charge in [-0.1, -0.05) is 38.0 Å². The molecule has 2 rings (SSSR count). The first kappa shape index (κ1) is 16.2. The predicted molar refractivity (Wildman–Crippen MR) is 91.8 cm³/mol. The van der Waals surface area contributed by atoms with Crippen LogP contribution in [0.1, 0.15) is 31.7 Å². The van der Waals surface area contributed by atoms with Crippen LogP contribution in [-0.4, -0.2) is 13.7 Å². The van der Waals surface area contributed by atoms with E-state index in [1.54, 1.807) is 7.11 Å². The predicted octanol–water partition coefficient (Wildman–Crippen LogP) is 4.88. The standard InChI is InChI=1S/C19H25NO2/c1-3-4-7-14-22-19-9-6-5-8-16(19)15-20-17-10-12-18(21-2)13-11-17/h5-6,8-13,20H,3-4,7,14-15H2,1-2H3. The van der Waals surface area contributed by atoms with Crippen LogP contribution in [0.3, 0.4) is 0 Å². The van der Waals surface area contributed by atoms with Crippen LogP contribution in [0, 0.1) is 0 Å². The summed E-state index contributed by atoms with van der Waals surface area (Å²) in [6.07, 6.45) is 3.53. The second kappa shape index (κ2) is 8.98. The molecule has 0 aliphatic carbocycles. The molecule has 0 spiro atoms. The molecule has 3 heteroatoms. The third kappa shape index (κ3) is 4.99. The van der Waals surface area contributed by atoms with E-state index in [2.05, 4.69) is 18.3 Å². The highest BCUT2D eigenvalue weighted by Crippen LogP contribution is 2.21. The molecule has 0 bridgehead atoms. The minimum Gasteiger partial charge on any atom is -0.497 e. The minimum atomic E-state index is 0.746. The molecule has 0 aromatic heterocycles. The molecule has 0 radical (unpaired) electrons. The number of unbranched alkanes of at least 4 members (excludes halogenated alkanes) is 2. The Kier molecular flexibility index (Phi) is 6.62. The molecule has 0 aliphatic rings. The van der Waals surface area contributed by atoms with Gasteiger partial charge in [-0.25, -0.2) is 0 Å². The highest BCUT2D eigenvalue weighted by atomic mass is 16.5. The van der Waals surface area contributed by atoms with E-state index < -0.39 is 0 Å². The SMILES string of the molecule is CCCCCOc1ccccc1CNc1ccc(OC)cc1. The van der Waals surface area contributed by atoms with Crippen molar-refractivity contribution in [2.45, 2.75) is 32.7 Å². The van der Waals surface area contributed by atoms with Crippen molar-refractivity contribution in [1.82, 2.24) is 0 Å². The normalized spacial score (nSPS) is 10.3. The number of hydrogen-bond donors (Lipinski definition) is 1. The third-order valence-electron chi connectivity index (χ3n) is 3.55. The molecular formula is C19H25NO2. The van der Waals surface area contributed by atoms with Crippen molar-refractivity contribution >= 4 is 5.69 Å². The Hall–Kier alpha value is -2.16. The summed E-state index contributed by atoms with van der Waals surface area (Å²) in [7, 11) is 1.68. The van der Waals surface area contributed by atoms with Crippen molar-refractivity contribution in [3.05, 3.63) is 54.1 Å². The molecule has 118 valence electrons. The van der Waals surface area contributed by atoms with E-state index in [1.165, 1.54) is 18.4 Å². The maximum Gasteiger partial charge on any atom is 0.124 e. The van der Waals surface area contributed by atoms with Crippen LogP contribution in [-0.2, 0) is 6.54 Å². The van der Waals surface area contributed by atoms with Crippen LogP contribution in [0.25, 0.3) is 0 Å². The Morgan fingerprint density at radius 3 is 2.45 bits per heavy atom. The van der Waals surface area contributed by atoms with Gasteiger partial charge in [0.1, 0.15) is 11.5 Å². The van der Waals surface area contributed by atoms with Crippen LogP contribution < -0.4 is 14.8 Å². The maximum absolute atomic E-state index is 5.90. The summed E-state index contributed by atoms with van der Waals surface area (Å²) < 4.78 is 11.1. The molecule has 0 heterocycles. The van der Waals surface area contributed by atoms with Crippen LogP contribution >= 0.6 is 0 Å². The summed E-state index contributed by atoms with van der Waals surface area (Å²) >= 11 is 0. The van der Waals surface area contributed by atoms with Gasteiger partial charge in [0.15, 0.2) is 0 Å². The number of nitrogens with one attached hydrogen (secondary N) is 1. The molecule has 2 aromatic carbocycles. The smallest absolute Gasteiger partial charge is 0.124 e. The highest BCUT2D eigenvalue weighted by molar-refractivity contribution is 5.47. The number of hydrogen-bond acceptors (Lipinski definition) is 3. The van der Waals surface area contributed by atoms with E-state index in [4.69, 9.17) is 9.47 Å². The summed E-state index contributed by atoms with van der Waals surface area (Å²) in [5.41, 5.74) is 2.25. The summed E-state index contributed by atoms with van der Waals surface area (Å²) in [6.45, 7) is 3.73. The maximum atomic E-state index is 5.90. The van der Waals surface area contributed by atoms with Gasteiger partial charge in [-0.2, -0.15) is 0 Å². The van der Waals surface area contributed by atoms with Gasteiger partial charge in [0.05, 0.1) is 13.7 Å². The number of benzene rings is 2. The zero-order chi connectivity index (χ0) is 15.6. The summed E-state index contributed by atoms with van der Waals surface area (Å²) in [4.78, 5) is 0. The van der Waals surface area contributed by atoms with Gasteiger partial charge in [-0.15, -0.1) is 0 Å². The van der Waals surface area contributed by atoms with Crippen molar-refractivity contribution in [1.29, 1.82) is 0 Å². The lowest BCUT2D eigenvalue weighted by Gasteiger charge is -2.13. The van der Waals surface area contributed by atoms with Gasteiger partial charge >= 0.3 is 0 Å². The molecule has 0 unspecified atom stereocenters. The lowest BCUT2D eigenvalue weighted by atomic mass is 10.2. The van der Waals surface area contributed by atoms with Crippen LogP contribution in [0.5, 0.6) is 11.5 Å². The minimum absolute atomic E-state index is 0.746. The second-order valence-corrected chi connectivity index (χ2v) is 5.25. The van der Waals surface area contributed by atoms with E-state index in [-0.39, 0.29) is 0 Å². The fourth-order valence-electron chi connectivity index (χ4n) is 2.23. The monoisotopic (exact) mass is 299 g/mol. The molecule has 1 N–H and O–H groups in total. The fraction of sp³-hybridized carbons (Fsp3) is 0.368. The molecule has 0 fully saturated rings. The molecule has 22 heavy (non-hydrogen) atoms. The lowest BCUT2D eigenvalue weighted by molar-refractivity contribution is 0.303. The van der Waals surface area contributed by atoms with Crippen molar-refractivity contribution in [2.75, 3.05) is 19.0 Å². The van der Waals surface area contributed by atoms with Gasteiger partial charge in [0, 0.05) is 17.8 Å². The average molecular weight is 299 g/mol. The first-order valence-corrected chi connectivity index (χ1v) is 7.92. The molecule has 3 nitrogen and oxygen atoms in total. The van der Waals surface area contributed by atoms with E-state index >= 15 is 0 Å². The van der Waals surface area contributed by atoms with E-state index in [9.17, 15) is 0 Å². The molecule has 2 aromatic rings. The first-order valence-electron chi connectivity index (χ1n) is 7.92. The van der Waals surface area contributed by atoms with Crippen molar-refractivity contribution in [2.24, 2.45) is 0 Å². The van der Waals surface area contributed by atoms with Gasteiger partial charge < -0.3 is 14.8 Å². The quantitative estimate of drug-likeness (QED) is 0.670. The number of ether oxygens (including phenoxy) is 2. The Morgan fingerprint density at radius 1 is 0.955 bits per heavy atom. The Morgan fingerprint density at radius 2 is 1.73 bits per heavy atom. The molecule has 0 amide bonds. The Labute approximate surface area is 133 Å². The van der Waals surface area contributed by atoms with Crippen LogP contribution in [0.15, 0.2) is 48.5 Å².